The van der Waals surface area contributed by atoms with E-state index in [9.17, 15) is 25.2 Å². The predicted molar refractivity (Wildman–Crippen MR) is 93.0 cm³/mol. The quantitative estimate of drug-likeness (QED) is 0.365. The molecule has 0 radical (unpaired) electrons. The fourth-order valence-electron chi connectivity index (χ4n) is 6.07. The molecule has 0 amide bonds. The Labute approximate surface area is 153 Å². The number of aliphatic hydroxyl groups is 4. The molecule has 4 aliphatic rings. The zero-order valence-electron chi connectivity index (χ0n) is 16.0. The summed E-state index contributed by atoms with van der Waals surface area (Å²) in [4.78, 5) is 13.3. The molecule has 4 N–H and O–H groups in total. The minimum absolute atomic E-state index is 0.129. The molecule has 0 bridgehead atoms. The van der Waals surface area contributed by atoms with Gasteiger partial charge in [0.15, 0.2) is 17.0 Å². The van der Waals surface area contributed by atoms with E-state index >= 15 is 0 Å². The van der Waals surface area contributed by atoms with Gasteiger partial charge in [-0.1, -0.05) is 27.7 Å². The Morgan fingerprint density at radius 3 is 2.27 bits per heavy atom. The fraction of sp³-hybridized carbons (Fsp3) is 0.850. The summed E-state index contributed by atoms with van der Waals surface area (Å²) in [5, 5.41) is 43.0. The van der Waals surface area contributed by atoms with Crippen molar-refractivity contribution in [3.8, 4) is 0 Å². The molecule has 0 spiro atoms. The Morgan fingerprint density at radius 2 is 1.65 bits per heavy atom. The number of Topliss-reactive ketones (excluding diaryl/α,β-unsaturated/α-hetero) is 1. The van der Waals surface area contributed by atoms with E-state index in [4.69, 9.17) is 4.74 Å². The minimum atomic E-state index is -1.16. The number of fused-ring (bicyclic) bond motifs is 1. The topological polar surface area (TPSA) is 111 Å². The second kappa shape index (κ2) is 5.17. The summed E-state index contributed by atoms with van der Waals surface area (Å²) in [6.07, 6.45) is -1.92. The van der Waals surface area contributed by atoms with E-state index in [1.807, 2.05) is 20.8 Å². The second-order valence-electron chi connectivity index (χ2n) is 9.69. The molecule has 3 aliphatic carbocycles. The lowest BCUT2D eigenvalue weighted by atomic mass is 9.81. The molecule has 2 saturated carbocycles. The molecule has 4 rings (SSSR count). The smallest absolute Gasteiger partial charge is 0.173 e. The van der Waals surface area contributed by atoms with Gasteiger partial charge in [0.2, 0.25) is 0 Å². The molecule has 6 nitrogen and oxygen atoms in total. The predicted octanol–water partition coefficient (Wildman–Crippen LogP) is 0.415. The van der Waals surface area contributed by atoms with Crippen LogP contribution in [-0.4, -0.2) is 61.8 Å². The first-order valence-electron chi connectivity index (χ1n) is 9.58. The number of aliphatic hydroxyl groups excluding tert-OH is 4. The van der Waals surface area contributed by atoms with E-state index in [0.717, 1.165) is 0 Å². The number of hydrogen-bond donors (Lipinski definition) is 4. The van der Waals surface area contributed by atoms with E-state index in [1.54, 1.807) is 19.9 Å². The minimum Gasteiger partial charge on any atom is -0.392 e. The number of epoxide rings is 1. The van der Waals surface area contributed by atoms with Crippen LogP contribution in [0.15, 0.2) is 11.6 Å². The Morgan fingerprint density at radius 1 is 1.08 bits per heavy atom. The summed E-state index contributed by atoms with van der Waals surface area (Å²) in [5.41, 5.74) is -2.18. The monoisotopic (exact) mass is 366 g/mol. The summed E-state index contributed by atoms with van der Waals surface area (Å²) in [6.45, 7) is 9.16. The van der Waals surface area contributed by atoms with Gasteiger partial charge in [-0.2, -0.15) is 0 Å². The third-order valence-corrected chi connectivity index (χ3v) is 7.81. The maximum absolute atomic E-state index is 13.3. The molecule has 26 heavy (non-hydrogen) atoms. The van der Waals surface area contributed by atoms with Gasteiger partial charge in [0.25, 0.3) is 0 Å². The number of hydrogen-bond acceptors (Lipinski definition) is 6. The Hall–Kier alpha value is -0.790. The molecule has 1 heterocycles. The molecule has 2 unspecified atom stereocenters. The van der Waals surface area contributed by atoms with E-state index in [0.29, 0.717) is 12.0 Å². The van der Waals surface area contributed by atoms with Crippen molar-refractivity contribution >= 4 is 5.78 Å². The third kappa shape index (κ3) is 1.97. The first kappa shape index (κ1) is 18.6. The van der Waals surface area contributed by atoms with Gasteiger partial charge < -0.3 is 25.2 Å². The van der Waals surface area contributed by atoms with Crippen LogP contribution in [0, 0.1) is 29.1 Å². The van der Waals surface area contributed by atoms with Crippen molar-refractivity contribution in [1.82, 2.24) is 0 Å². The van der Waals surface area contributed by atoms with E-state index < -0.39 is 41.5 Å². The number of carbonyl (C=O) groups excluding carboxylic acids is 1. The van der Waals surface area contributed by atoms with Gasteiger partial charge in [-0.25, -0.2) is 0 Å². The normalized spacial score (nSPS) is 60.0. The highest BCUT2D eigenvalue weighted by molar-refractivity contribution is 5.95. The van der Waals surface area contributed by atoms with Crippen molar-refractivity contribution in [2.24, 2.45) is 29.1 Å². The highest BCUT2D eigenvalue weighted by atomic mass is 16.7. The molecule has 1 saturated heterocycles. The van der Waals surface area contributed by atoms with Crippen molar-refractivity contribution < 1.29 is 30.0 Å². The lowest BCUT2D eigenvalue weighted by Gasteiger charge is -2.23. The van der Waals surface area contributed by atoms with Crippen LogP contribution in [0.3, 0.4) is 0 Å². The highest BCUT2D eigenvalue weighted by Gasteiger charge is 2.82. The molecule has 3 fully saturated rings. The second-order valence-corrected chi connectivity index (χ2v) is 9.69. The van der Waals surface area contributed by atoms with Crippen molar-refractivity contribution in [3.63, 3.8) is 0 Å². The van der Waals surface area contributed by atoms with Gasteiger partial charge in [0, 0.05) is 5.92 Å². The van der Waals surface area contributed by atoms with Crippen LogP contribution < -0.4 is 0 Å². The van der Waals surface area contributed by atoms with Crippen molar-refractivity contribution in [2.75, 3.05) is 0 Å². The van der Waals surface area contributed by atoms with Crippen molar-refractivity contribution in [2.45, 2.75) is 76.7 Å². The van der Waals surface area contributed by atoms with E-state index in [-0.39, 0.29) is 29.0 Å². The Balaban J connectivity index is 1.82. The van der Waals surface area contributed by atoms with Gasteiger partial charge in [0.05, 0.1) is 18.3 Å². The van der Waals surface area contributed by atoms with Gasteiger partial charge in [-0.15, -0.1) is 0 Å². The first-order valence-corrected chi connectivity index (χ1v) is 9.58. The van der Waals surface area contributed by atoms with Gasteiger partial charge in [0.1, 0.15) is 6.10 Å². The SMILES string of the molecule is C/C1=C\[C@@]23O[C@@]2(C[C@H](C)[C@@H]3O)C(=O)[C@H](C)[C@H](O)C2C([C@H](O)[C@@H]1O)C2(C)C. The van der Waals surface area contributed by atoms with Crippen molar-refractivity contribution in [3.05, 3.63) is 11.6 Å². The van der Waals surface area contributed by atoms with Crippen LogP contribution >= 0.6 is 0 Å². The third-order valence-electron chi connectivity index (χ3n) is 7.81. The molecule has 146 valence electrons. The average molecular weight is 366 g/mol. The lowest BCUT2D eigenvalue weighted by molar-refractivity contribution is -0.132. The fourth-order valence-corrected chi connectivity index (χ4v) is 6.07. The number of ketones is 1. The summed E-state index contributed by atoms with van der Waals surface area (Å²) in [7, 11) is 0. The maximum atomic E-state index is 13.3. The average Bonchev–Trinajstić information content (AvgIpc) is 3.37. The summed E-state index contributed by atoms with van der Waals surface area (Å²) < 4.78 is 5.89. The largest absolute Gasteiger partial charge is 0.392 e. The number of rotatable bonds is 0. The molecule has 6 heteroatoms. The molecule has 0 aromatic heterocycles. The first-order chi connectivity index (χ1) is 11.9. The summed E-state index contributed by atoms with van der Waals surface area (Å²) >= 11 is 0. The van der Waals surface area contributed by atoms with Crippen LogP contribution in [0.4, 0.5) is 0 Å². The Kier molecular flexibility index (Phi) is 3.69. The zero-order valence-corrected chi connectivity index (χ0v) is 16.0. The lowest BCUT2D eigenvalue weighted by Crippen LogP contribution is -2.41. The van der Waals surface area contributed by atoms with Crippen molar-refractivity contribution in [1.29, 1.82) is 0 Å². The number of carbonyl (C=O) groups is 1. The molecular formula is C20H30O6. The standard InChI is InChI=1S/C20H30O6/c1-8-6-19-16(24)9(2)7-20(19,26-19)17(25)10(3)14(22)11-12(18(11,4)5)15(23)13(8)21/h6,9-16,21-24H,7H2,1-5H3/b8-6+/t9-,10+,11?,12?,13+,14-,15-,16-,19-,20-/m0/s1. The van der Waals surface area contributed by atoms with Crippen LogP contribution in [0.1, 0.15) is 41.0 Å². The highest BCUT2D eigenvalue weighted by Crippen LogP contribution is 2.67. The molecule has 0 aromatic carbocycles. The number of ether oxygens (including phenoxy) is 1. The molecular weight excluding hydrogens is 336 g/mol. The summed E-state index contributed by atoms with van der Waals surface area (Å²) in [5.74, 6) is -1.55. The van der Waals surface area contributed by atoms with E-state index in [2.05, 4.69) is 0 Å². The van der Waals surface area contributed by atoms with Gasteiger partial charge in [-0.3, -0.25) is 4.79 Å². The maximum Gasteiger partial charge on any atom is 0.173 e. The van der Waals surface area contributed by atoms with Crippen LogP contribution in [0.2, 0.25) is 0 Å². The van der Waals surface area contributed by atoms with Gasteiger partial charge >= 0.3 is 0 Å². The molecule has 1 aliphatic heterocycles. The van der Waals surface area contributed by atoms with Gasteiger partial charge in [-0.05, 0) is 48.2 Å². The Bertz CT molecular complexity index is 686. The van der Waals surface area contributed by atoms with E-state index in [1.165, 1.54) is 0 Å². The summed E-state index contributed by atoms with van der Waals surface area (Å²) in [6, 6.07) is 0. The molecule has 0 aromatic rings. The zero-order chi connectivity index (χ0) is 19.4. The van der Waals surface area contributed by atoms with Crippen LogP contribution in [0.5, 0.6) is 0 Å². The van der Waals surface area contributed by atoms with Crippen LogP contribution in [0.25, 0.3) is 0 Å². The molecule has 10 atom stereocenters. The van der Waals surface area contributed by atoms with Crippen LogP contribution in [-0.2, 0) is 9.53 Å².